The van der Waals surface area contributed by atoms with Gasteiger partial charge in [-0.2, -0.15) is 4.31 Å². The van der Waals surface area contributed by atoms with Gasteiger partial charge in [0.05, 0.1) is 18.1 Å². The first-order chi connectivity index (χ1) is 8.88. The molecular formula is C11H16N4O3S. The predicted octanol–water partition coefficient (Wildman–Crippen LogP) is -0.498. The Kier molecular flexibility index (Phi) is 3.81. The van der Waals surface area contributed by atoms with Crippen LogP contribution in [0.3, 0.4) is 0 Å². The molecule has 0 radical (unpaired) electrons. The molecule has 1 aliphatic rings. The molecule has 0 N–H and O–H groups in total. The summed E-state index contributed by atoms with van der Waals surface area (Å²) in [7, 11) is -3.18. The molecule has 2 rings (SSSR count). The van der Waals surface area contributed by atoms with Gasteiger partial charge in [0.15, 0.2) is 0 Å². The van der Waals surface area contributed by atoms with Gasteiger partial charge in [-0.1, -0.05) is 0 Å². The lowest BCUT2D eigenvalue weighted by Gasteiger charge is -2.32. The zero-order chi connectivity index (χ0) is 14.0. The Labute approximate surface area is 112 Å². The predicted molar refractivity (Wildman–Crippen MR) is 69.1 cm³/mol. The van der Waals surface area contributed by atoms with E-state index in [2.05, 4.69) is 9.97 Å². The van der Waals surface area contributed by atoms with Crippen LogP contribution >= 0.6 is 0 Å². The summed E-state index contributed by atoms with van der Waals surface area (Å²) >= 11 is 0. The van der Waals surface area contributed by atoms with Gasteiger partial charge in [0.2, 0.25) is 10.0 Å². The molecule has 0 saturated carbocycles. The molecule has 8 heteroatoms. The number of aromatic nitrogens is 2. The van der Waals surface area contributed by atoms with Gasteiger partial charge in [-0.25, -0.2) is 13.4 Å². The molecule has 0 aliphatic carbocycles. The highest BCUT2D eigenvalue weighted by Crippen LogP contribution is 2.09. The highest BCUT2D eigenvalue weighted by Gasteiger charge is 2.27. The first-order valence-electron chi connectivity index (χ1n) is 5.91. The van der Waals surface area contributed by atoms with Crippen LogP contribution in [0.5, 0.6) is 0 Å². The van der Waals surface area contributed by atoms with Crippen LogP contribution in [0.15, 0.2) is 12.4 Å². The van der Waals surface area contributed by atoms with E-state index in [1.54, 1.807) is 18.0 Å². The van der Waals surface area contributed by atoms with Gasteiger partial charge in [0.1, 0.15) is 5.69 Å². The average molecular weight is 284 g/mol. The molecule has 19 heavy (non-hydrogen) atoms. The second-order valence-corrected chi connectivity index (χ2v) is 6.48. The molecule has 104 valence electrons. The number of aryl methyl sites for hydroxylation is 1. The Balaban J connectivity index is 2.02. The SMILES string of the molecule is Cc1cnc(C(=O)N2CCN(S(C)(=O)=O)CC2)cn1. The van der Waals surface area contributed by atoms with Crippen LogP contribution < -0.4 is 0 Å². The van der Waals surface area contributed by atoms with Gasteiger partial charge in [-0.15, -0.1) is 0 Å². The maximum absolute atomic E-state index is 12.1. The topological polar surface area (TPSA) is 83.5 Å². The molecule has 1 aromatic heterocycles. The minimum atomic E-state index is -3.18. The van der Waals surface area contributed by atoms with Crippen LogP contribution in [0.4, 0.5) is 0 Å². The number of carbonyl (C=O) groups excluding carboxylic acids is 1. The monoisotopic (exact) mass is 284 g/mol. The van der Waals surface area contributed by atoms with Crippen molar-refractivity contribution in [3.8, 4) is 0 Å². The Hall–Kier alpha value is -1.54. The summed E-state index contributed by atoms with van der Waals surface area (Å²) < 4.78 is 24.1. The van der Waals surface area contributed by atoms with E-state index < -0.39 is 10.0 Å². The first-order valence-corrected chi connectivity index (χ1v) is 7.76. The highest BCUT2D eigenvalue weighted by molar-refractivity contribution is 7.88. The molecule has 1 fully saturated rings. The van der Waals surface area contributed by atoms with Crippen LogP contribution in [-0.2, 0) is 10.0 Å². The number of amides is 1. The largest absolute Gasteiger partial charge is 0.335 e. The molecule has 1 aromatic rings. The van der Waals surface area contributed by atoms with Crippen LogP contribution in [0.1, 0.15) is 16.2 Å². The van der Waals surface area contributed by atoms with Gasteiger partial charge in [0.25, 0.3) is 5.91 Å². The van der Waals surface area contributed by atoms with Gasteiger partial charge in [-0.05, 0) is 6.92 Å². The summed E-state index contributed by atoms with van der Waals surface area (Å²) in [5.74, 6) is -0.208. The Morgan fingerprint density at radius 2 is 1.79 bits per heavy atom. The lowest BCUT2D eigenvalue weighted by atomic mass is 10.3. The Bertz CT molecular complexity index is 562. The fraction of sp³-hybridized carbons (Fsp3) is 0.545. The van der Waals surface area contributed by atoms with Crippen molar-refractivity contribution < 1.29 is 13.2 Å². The summed E-state index contributed by atoms with van der Waals surface area (Å²) in [4.78, 5) is 21.8. The fourth-order valence-electron chi connectivity index (χ4n) is 1.89. The van der Waals surface area contributed by atoms with Gasteiger partial charge in [-0.3, -0.25) is 9.78 Å². The van der Waals surface area contributed by atoms with Crippen molar-refractivity contribution in [1.82, 2.24) is 19.2 Å². The van der Waals surface area contributed by atoms with Crippen molar-refractivity contribution in [3.63, 3.8) is 0 Å². The van der Waals surface area contributed by atoms with Crippen molar-refractivity contribution in [1.29, 1.82) is 0 Å². The molecule has 7 nitrogen and oxygen atoms in total. The van der Waals surface area contributed by atoms with E-state index in [0.29, 0.717) is 31.9 Å². The van der Waals surface area contributed by atoms with E-state index in [1.165, 1.54) is 16.8 Å². The lowest BCUT2D eigenvalue weighted by Crippen LogP contribution is -2.50. The summed E-state index contributed by atoms with van der Waals surface area (Å²) in [5, 5.41) is 0. The number of sulfonamides is 1. The van der Waals surface area contributed by atoms with Gasteiger partial charge < -0.3 is 4.90 Å². The second-order valence-electron chi connectivity index (χ2n) is 4.50. The molecule has 1 amide bonds. The second kappa shape index (κ2) is 5.22. The molecule has 0 atom stereocenters. The van der Waals surface area contributed by atoms with E-state index >= 15 is 0 Å². The van der Waals surface area contributed by atoms with E-state index in [1.807, 2.05) is 0 Å². The third kappa shape index (κ3) is 3.27. The summed E-state index contributed by atoms with van der Waals surface area (Å²) in [6, 6.07) is 0. The molecule has 2 heterocycles. The average Bonchev–Trinajstić information content (AvgIpc) is 2.38. The maximum Gasteiger partial charge on any atom is 0.274 e. The number of rotatable bonds is 2. The molecule has 0 unspecified atom stereocenters. The number of hydrogen-bond acceptors (Lipinski definition) is 5. The van der Waals surface area contributed by atoms with Crippen molar-refractivity contribution >= 4 is 15.9 Å². The van der Waals surface area contributed by atoms with Crippen molar-refractivity contribution in [3.05, 3.63) is 23.8 Å². The zero-order valence-electron chi connectivity index (χ0n) is 10.9. The van der Waals surface area contributed by atoms with E-state index in [-0.39, 0.29) is 5.91 Å². The number of nitrogens with zero attached hydrogens (tertiary/aromatic N) is 4. The van der Waals surface area contributed by atoms with Crippen molar-refractivity contribution in [2.45, 2.75) is 6.92 Å². The lowest BCUT2D eigenvalue weighted by molar-refractivity contribution is 0.0692. The summed E-state index contributed by atoms with van der Waals surface area (Å²) in [5.41, 5.74) is 1.04. The molecule has 1 aliphatic heterocycles. The normalized spacial score (nSPS) is 17.5. The van der Waals surface area contributed by atoms with E-state index in [9.17, 15) is 13.2 Å². The van der Waals surface area contributed by atoms with Crippen molar-refractivity contribution in [2.75, 3.05) is 32.4 Å². The number of carbonyl (C=O) groups is 1. The van der Waals surface area contributed by atoms with Crippen molar-refractivity contribution in [2.24, 2.45) is 0 Å². The first kappa shape index (κ1) is 13.9. The van der Waals surface area contributed by atoms with Gasteiger partial charge in [0, 0.05) is 32.4 Å². The standard InChI is InChI=1S/C11H16N4O3S/c1-9-7-13-10(8-12-9)11(16)14-3-5-15(6-4-14)19(2,17)18/h7-8H,3-6H2,1-2H3. The molecular weight excluding hydrogens is 268 g/mol. The third-order valence-corrected chi connectivity index (χ3v) is 4.30. The maximum atomic E-state index is 12.1. The summed E-state index contributed by atoms with van der Waals surface area (Å²) in [6.07, 6.45) is 4.16. The molecule has 0 aromatic carbocycles. The minimum absolute atomic E-state index is 0.208. The molecule has 1 saturated heterocycles. The van der Waals surface area contributed by atoms with Crippen LogP contribution in [0.25, 0.3) is 0 Å². The summed E-state index contributed by atoms with van der Waals surface area (Å²) in [6.45, 7) is 3.20. The van der Waals surface area contributed by atoms with Crippen LogP contribution in [-0.4, -0.2) is 65.9 Å². The molecule has 0 bridgehead atoms. The highest BCUT2D eigenvalue weighted by atomic mass is 32.2. The van der Waals surface area contributed by atoms with Crippen LogP contribution in [0, 0.1) is 6.92 Å². The number of hydrogen-bond donors (Lipinski definition) is 0. The third-order valence-electron chi connectivity index (χ3n) is 2.99. The fourth-order valence-corrected chi connectivity index (χ4v) is 2.71. The van der Waals surface area contributed by atoms with Crippen LogP contribution in [0.2, 0.25) is 0 Å². The number of piperazine rings is 1. The van der Waals surface area contributed by atoms with E-state index in [0.717, 1.165) is 5.69 Å². The quantitative estimate of drug-likeness (QED) is 0.731. The Morgan fingerprint density at radius 3 is 2.26 bits per heavy atom. The van der Waals surface area contributed by atoms with Gasteiger partial charge >= 0.3 is 0 Å². The zero-order valence-corrected chi connectivity index (χ0v) is 11.7. The smallest absolute Gasteiger partial charge is 0.274 e. The molecule has 0 spiro atoms. The minimum Gasteiger partial charge on any atom is -0.335 e. The van der Waals surface area contributed by atoms with E-state index in [4.69, 9.17) is 0 Å². The Morgan fingerprint density at radius 1 is 1.16 bits per heavy atom.